The summed E-state index contributed by atoms with van der Waals surface area (Å²) in [6.07, 6.45) is 3.99. The maximum absolute atomic E-state index is 11.2. The fourth-order valence-electron chi connectivity index (χ4n) is 1.18. The zero-order valence-corrected chi connectivity index (χ0v) is 8.45. The molecule has 1 amide bonds. The lowest BCUT2D eigenvalue weighted by Crippen LogP contribution is -2.31. The van der Waals surface area contributed by atoms with Crippen LogP contribution in [0.3, 0.4) is 0 Å². The van der Waals surface area contributed by atoms with Crippen LogP contribution in [0.2, 0.25) is 0 Å². The predicted octanol–water partition coefficient (Wildman–Crippen LogP) is 1.01. The summed E-state index contributed by atoms with van der Waals surface area (Å²) in [5, 5.41) is 11.2. The van der Waals surface area contributed by atoms with Crippen LogP contribution in [0.5, 0.6) is 0 Å². The van der Waals surface area contributed by atoms with Gasteiger partial charge >= 0.3 is 5.97 Å². The third kappa shape index (κ3) is 4.25. The van der Waals surface area contributed by atoms with Crippen molar-refractivity contribution >= 4 is 11.9 Å². The maximum atomic E-state index is 11.2. The van der Waals surface area contributed by atoms with Crippen LogP contribution < -0.4 is 5.32 Å². The van der Waals surface area contributed by atoms with Crippen LogP contribution >= 0.6 is 0 Å². The molecule has 0 bridgehead atoms. The van der Waals surface area contributed by atoms with E-state index in [2.05, 4.69) is 5.32 Å². The summed E-state index contributed by atoms with van der Waals surface area (Å²) in [6, 6.07) is 0. The van der Waals surface area contributed by atoms with Gasteiger partial charge in [-0.15, -0.1) is 0 Å². The summed E-state index contributed by atoms with van der Waals surface area (Å²) in [7, 11) is 0. The lowest BCUT2D eigenvalue weighted by atomic mass is 10.1. The van der Waals surface area contributed by atoms with E-state index in [4.69, 9.17) is 5.11 Å². The highest BCUT2D eigenvalue weighted by molar-refractivity contribution is 5.77. The second-order valence-electron chi connectivity index (χ2n) is 4.03. The molecular weight excluding hydrogens is 182 g/mol. The fraction of sp³-hybridized carbons (Fsp3) is 0.800. The van der Waals surface area contributed by atoms with E-state index in [1.807, 2.05) is 0 Å². The van der Waals surface area contributed by atoms with E-state index in [-0.39, 0.29) is 12.5 Å². The fourth-order valence-corrected chi connectivity index (χ4v) is 1.18. The molecular formula is C10H17NO3. The van der Waals surface area contributed by atoms with Crippen molar-refractivity contribution in [3.63, 3.8) is 0 Å². The van der Waals surface area contributed by atoms with E-state index in [9.17, 15) is 9.59 Å². The molecule has 4 nitrogen and oxygen atoms in total. The normalized spacial score (nSPS) is 17.5. The minimum Gasteiger partial charge on any atom is -0.481 e. The topological polar surface area (TPSA) is 66.4 Å². The Labute approximate surface area is 83.7 Å². The maximum Gasteiger partial charge on any atom is 0.308 e. The van der Waals surface area contributed by atoms with Gasteiger partial charge in [-0.1, -0.05) is 19.8 Å². The standard InChI is InChI=1S/C10H17NO3/c1-7(10(13)14)6-11-9(12)5-4-8-2-3-8/h7-8H,2-6H2,1H3,(H,11,12)(H,13,14). The first-order chi connectivity index (χ1) is 6.59. The highest BCUT2D eigenvalue weighted by Crippen LogP contribution is 2.33. The minimum atomic E-state index is -0.868. The van der Waals surface area contributed by atoms with Crippen LogP contribution in [0.25, 0.3) is 0 Å². The van der Waals surface area contributed by atoms with Gasteiger partial charge in [-0.05, 0) is 12.3 Å². The monoisotopic (exact) mass is 199 g/mol. The van der Waals surface area contributed by atoms with E-state index in [1.54, 1.807) is 6.92 Å². The zero-order valence-electron chi connectivity index (χ0n) is 8.45. The predicted molar refractivity (Wildman–Crippen MR) is 51.8 cm³/mol. The number of carbonyl (C=O) groups excluding carboxylic acids is 1. The van der Waals surface area contributed by atoms with Gasteiger partial charge in [0.05, 0.1) is 5.92 Å². The number of carboxylic acid groups (broad SMARTS) is 1. The largest absolute Gasteiger partial charge is 0.481 e. The molecule has 1 aliphatic carbocycles. The van der Waals surface area contributed by atoms with Crippen LogP contribution in [0.1, 0.15) is 32.6 Å². The molecule has 1 fully saturated rings. The third-order valence-corrected chi connectivity index (χ3v) is 2.50. The second-order valence-corrected chi connectivity index (χ2v) is 4.03. The number of nitrogens with one attached hydrogen (secondary N) is 1. The Balaban J connectivity index is 2.04. The van der Waals surface area contributed by atoms with Crippen molar-refractivity contribution in [3.8, 4) is 0 Å². The molecule has 1 unspecified atom stereocenters. The summed E-state index contributed by atoms with van der Waals surface area (Å²) < 4.78 is 0. The summed E-state index contributed by atoms with van der Waals surface area (Å²) in [6.45, 7) is 1.82. The van der Waals surface area contributed by atoms with Crippen molar-refractivity contribution in [3.05, 3.63) is 0 Å². The Morgan fingerprint density at radius 2 is 2.14 bits per heavy atom. The third-order valence-electron chi connectivity index (χ3n) is 2.50. The Morgan fingerprint density at radius 1 is 1.50 bits per heavy atom. The van der Waals surface area contributed by atoms with Crippen LogP contribution in [-0.4, -0.2) is 23.5 Å². The molecule has 1 aliphatic rings. The van der Waals surface area contributed by atoms with E-state index < -0.39 is 11.9 Å². The highest BCUT2D eigenvalue weighted by atomic mass is 16.4. The lowest BCUT2D eigenvalue weighted by molar-refractivity contribution is -0.141. The summed E-state index contributed by atoms with van der Waals surface area (Å²) in [5.74, 6) is -0.644. The first kappa shape index (κ1) is 11.0. The van der Waals surface area contributed by atoms with Gasteiger partial charge < -0.3 is 10.4 Å². The van der Waals surface area contributed by atoms with Crippen molar-refractivity contribution in [1.29, 1.82) is 0 Å². The molecule has 0 heterocycles. The molecule has 0 saturated heterocycles. The van der Waals surface area contributed by atoms with E-state index in [1.165, 1.54) is 12.8 Å². The van der Waals surface area contributed by atoms with Crippen LogP contribution in [0, 0.1) is 11.8 Å². The first-order valence-corrected chi connectivity index (χ1v) is 5.09. The average molecular weight is 199 g/mol. The Bertz CT molecular complexity index is 223. The number of aliphatic carboxylic acids is 1. The SMILES string of the molecule is CC(CNC(=O)CCC1CC1)C(=O)O. The van der Waals surface area contributed by atoms with Crippen LogP contribution in [0.4, 0.5) is 0 Å². The molecule has 1 saturated carbocycles. The number of carbonyl (C=O) groups is 2. The summed E-state index contributed by atoms with van der Waals surface area (Å²) in [5.41, 5.74) is 0. The number of rotatable bonds is 6. The number of hydrogen-bond donors (Lipinski definition) is 2. The van der Waals surface area contributed by atoms with Crippen molar-refractivity contribution in [2.75, 3.05) is 6.54 Å². The lowest BCUT2D eigenvalue weighted by Gasteiger charge is -2.07. The Kier molecular flexibility index (Phi) is 3.92. The van der Waals surface area contributed by atoms with Gasteiger partial charge in [0, 0.05) is 13.0 Å². The molecule has 1 rings (SSSR count). The summed E-state index contributed by atoms with van der Waals surface area (Å²) >= 11 is 0. The number of hydrogen-bond acceptors (Lipinski definition) is 2. The smallest absolute Gasteiger partial charge is 0.308 e. The number of carboxylic acids is 1. The molecule has 80 valence electrons. The molecule has 0 aliphatic heterocycles. The van der Waals surface area contributed by atoms with Crippen molar-refractivity contribution < 1.29 is 14.7 Å². The molecule has 0 aromatic heterocycles. The Morgan fingerprint density at radius 3 is 2.64 bits per heavy atom. The van der Waals surface area contributed by atoms with Crippen molar-refractivity contribution in [2.45, 2.75) is 32.6 Å². The molecule has 0 radical (unpaired) electrons. The van der Waals surface area contributed by atoms with Crippen LogP contribution in [0.15, 0.2) is 0 Å². The molecule has 4 heteroatoms. The van der Waals surface area contributed by atoms with Gasteiger partial charge in [-0.2, -0.15) is 0 Å². The molecule has 0 spiro atoms. The van der Waals surface area contributed by atoms with Crippen LogP contribution in [-0.2, 0) is 9.59 Å². The molecule has 0 aromatic rings. The van der Waals surface area contributed by atoms with Crippen molar-refractivity contribution in [1.82, 2.24) is 5.32 Å². The average Bonchev–Trinajstić information content (AvgIpc) is 2.94. The zero-order chi connectivity index (χ0) is 10.6. The summed E-state index contributed by atoms with van der Waals surface area (Å²) in [4.78, 5) is 21.6. The van der Waals surface area contributed by atoms with E-state index >= 15 is 0 Å². The van der Waals surface area contributed by atoms with Gasteiger partial charge in [0.15, 0.2) is 0 Å². The van der Waals surface area contributed by atoms with Gasteiger partial charge in [-0.3, -0.25) is 9.59 Å². The molecule has 0 aromatic carbocycles. The number of amides is 1. The van der Waals surface area contributed by atoms with Gasteiger partial charge in [0.2, 0.25) is 5.91 Å². The first-order valence-electron chi connectivity index (χ1n) is 5.09. The molecule has 14 heavy (non-hydrogen) atoms. The van der Waals surface area contributed by atoms with Crippen molar-refractivity contribution in [2.24, 2.45) is 11.8 Å². The van der Waals surface area contributed by atoms with Gasteiger partial charge in [-0.25, -0.2) is 0 Å². The molecule has 2 N–H and O–H groups in total. The second kappa shape index (κ2) is 4.98. The van der Waals surface area contributed by atoms with Gasteiger partial charge in [0.25, 0.3) is 0 Å². The molecule has 1 atom stereocenters. The highest BCUT2D eigenvalue weighted by Gasteiger charge is 2.22. The van der Waals surface area contributed by atoms with E-state index in [0.717, 1.165) is 12.3 Å². The minimum absolute atomic E-state index is 0.0231. The van der Waals surface area contributed by atoms with Gasteiger partial charge in [0.1, 0.15) is 0 Å². The van der Waals surface area contributed by atoms with E-state index in [0.29, 0.717) is 6.42 Å². The Hall–Kier alpha value is -1.06. The quantitative estimate of drug-likeness (QED) is 0.671.